The zero-order chi connectivity index (χ0) is 16.3. The fraction of sp³-hybridized carbons (Fsp3) is 0.438. The third kappa shape index (κ3) is 3.10. The van der Waals surface area contributed by atoms with Gasteiger partial charge in [-0.1, -0.05) is 27.2 Å². The molecule has 2 rings (SSSR count). The second kappa shape index (κ2) is 6.17. The molecule has 0 fully saturated rings. The molecule has 118 valence electrons. The van der Waals surface area contributed by atoms with Crippen molar-refractivity contribution in [3.05, 3.63) is 35.7 Å². The van der Waals surface area contributed by atoms with E-state index in [2.05, 4.69) is 31.0 Å². The van der Waals surface area contributed by atoms with E-state index in [4.69, 9.17) is 4.74 Å². The molecule has 1 aromatic carbocycles. The molecule has 22 heavy (non-hydrogen) atoms. The summed E-state index contributed by atoms with van der Waals surface area (Å²) >= 11 is 0. The number of aromatic nitrogens is 3. The maximum absolute atomic E-state index is 11.4. The van der Waals surface area contributed by atoms with E-state index in [0.717, 1.165) is 18.5 Å². The van der Waals surface area contributed by atoms with Crippen molar-refractivity contribution in [2.45, 2.75) is 39.0 Å². The number of aromatic carboxylic acids is 1. The number of hydrogen-bond acceptors (Lipinski definition) is 4. The third-order valence-corrected chi connectivity index (χ3v) is 3.71. The van der Waals surface area contributed by atoms with Crippen LogP contribution in [0.1, 0.15) is 49.7 Å². The summed E-state index contributed by atoms with van der Waals surface area (Å²) in [6, 6.07) is 4.82. The van der Waals surface area contributed by atoms with Crippen LogP contribution in [0.15, 0.2) is 24.4 Å². The van der Waals surface area contributed by atoms with Crippen LogP contribution >= 0.6 is 0 Å². The normalized spacial score (nSPS) is 11.5. The van der Waals surface area contributed by atoms with Gasteiger partial charge in [-0.15, -0.1) is 0 Å². The summed E-state index contributed by atoms with van der Waals surface area (Å²) < 4.78 is 5.07. The Bertz CT molecular complexity index is 677. The van der Waals surface area contributed by atoms with Crippen molar-refractivity contribution in [2.75, 3.05) is 7.11 Å². The molecule has 0 aliphatic heterocycles. The van der Waals surface area contributed by atoms with Gasteiger partial charge in [0.1, 0.15) is 11.4 Å². The maximum atomic E-state index is 11.4. The number of hydrogen-bond donors (Lipinski definition) is 1. The molecule has 0 saturated heterocycles. The number of carboxylic acid groups (broad SMARTS) is 1. The molecule has 0 aliphatic rings. The van der Waals surface area contributed by atoms with Crippen molar-refractivity contribution >= 4 is 5.97 Å². The minimum atomic E-state index is -1.04. The lowest BCUT2D eigenvalue weighted by atomic mass is 9.85. The maximum Gasteiger partial charge on any atom is 0.338 e. The molecule has 0 saturated carbocycles. The van der Waals surface area contributed by atoms with Crippen molar-refractivity contribution in [2.24, 2.45) is 0 Å². The van der Waals surface area contributed by atoms with Crippen molar-refractivity contribution in [3.8, 4) is 11.4 Å². The fourth-order valence-electron chi connectivity index (χ4n) is 2.43. The van der Waals surface area contributed by atoms with Gasteiger partial charge in [-0.3, -0.25) is 0 Å². The molecule has 0 bridgehead atoms. The van der Waals surface area contributed by atoms with Gasteiger partial charge in [0.15, 0.2) is 0 Å². The average Bonchev–Trinajstić information content (AvgIpc) is 2.97. The molecule has 0 amide bonds. The van der Waals surface area contributed by atoms with Crippen LogP contribution in [0.4, 0.5) is 0 Å². The number of benzene rings is 1. The molecule has 6 nitrogen and oxygen atoms in total. The Morgan fingerprint density at radius 2 is 2.14 bits per heavy atom. The van der Waals surface area contributed by atoms with Crippen LogP contribution in [0, 0.1) is 0 Å². The first-order chi connectivity index (χ1) is 10.4. The van der Waals surface area contributed by atoms with Crippen LogP contribution in [-0.4, -0.2) is 33.2 Å². The molecular formula is C16H21N3O3. The Morgan fingerprint density at radius 1 is 1.41 bits per heavy atom. The largest absolute Gasteiger partial charge is 0.497 e. The van der Waals surface area contributed by atoms with Crippen molar-refractivity contribution in [1.82, 2.24) is 15.0 Å². The molecule has 2 aromatic rings. The van der Waals surface area contributed by atoms with Gasteiger partial charge in [-0.2, -0.15) is 15.0 Å². The summed E-state index contributed by atoms with van der Waals surface area (Å²) in [5.74, 6) is -0.555. The first kappa shape index (κ1) is 16.0. The summed E-state index contributed by atoms with van der Waals surface area (Å²) in [6.07, 6.45) is 3.73. The van der Waals surface area contributed by atoms with Crippen LogP contribution in [0.3, 0.4) is 0 Å². The number of nitrogens with zero attached hydrogens (tertiary/aromatic N) is 3. The Labute approximate surface area is 129 Å². The topological polar surface area (TPSA) is 77.2 Å². The highest BCUT2D eigenvalue weighted by Gasteiger charge is 2.24. The van der Waals surface area contributed by atoms with E-state index in [1.165, 1.54) is 18.0 Å². The van der Waals surface area contributed by atoms with Crippen molar-refractivity contribution in [1.29, 1.82) is 0 Å². The van der Waals surface area contributed by atoms with E-state index in [-0.39, 0.29) is 11.0 Å². The minimum absolute atomic E-state index is 0.0944. The molecule has 0 atom stereocenters. The van der Waals surface area contributed by atoms with Crippen LogP contribution in [0.25, 0.3) is 5.69 Å². The average molecular weight is 303 g/mol. The van der Waals surface area contributed by atoms with E-state index < -0.39 is 5.97 Å². The molecule has 0 radical (unpaired) electrons. The van der Waals surface area contributed by atoms with E-state index in [1.807, 2.05) is 0 Å². The highest BCUT2D eigenvalue weighted by Crippen LogP contribution is 2.27. The number of carboxylic acids is 1. The Hall–Kier alpha value is -2.37. The second-order valence-electron chi connectivity index (χ2n) is 5.84. The van der Waals surface area contributed by atoms with E-state index in [9.17, 15) is 9.90 Å². The van der Waals surface area contributed by atoms with Gasteiger partial charge in [0.2, 0.25) is 0 Å². The minimum Gasteiger partial charge on any atom is -0.497 e. The molecule has 1 heterocycles. The smallest absolute Gasteiger partial charge is 0.338 e. The van der Waals surface area contributed by atoms with Gasteiger partial charge < -0.3 is 9.84 Å². The van der Waals surface area contributed by atoms with Gasteiger partial charge in [0.05, 0.1) is 24.6 Å². The lowest BCUT2D eigenvalue weighted by Gasteiger charge is -2.20. The van der Waals surface area contributed by atoms with Crippen LogP contribution in [-0.2, 0) is 5.41 Å². The first-order valence-electron chi connectivity index (χ1n) is 7.23. The zero-order valence-electron chi connectivity index (χ0n) is 13.3. The Kier molecular flexibility index (Phi) is 4.49. The number of ether oxygens (including phenoxy) is 1. The number of carbonyl (C=O) groups is 1. The molecule has 6 heteroatoms. The van der Waals surface area contributed by atoms with Crippen molar-refractivity contribution < 1.29 is 14.6 Å². The summed E-state index contributed by atoms with van der Waals surface area (Å²) in [7, 11) is 1.50. The lowest BCUT2D eigenvalue weighted by Crippen LogP contribution is -2.18. The number of methoxy groups -OCH3 is 1. The molecule has 0 unspecified atom stereocenters. The number of rotatable bonds is 6. The SMILES string of the molecule is CCCC(C)(C)c1cnn(-c2ccc(OC)cc2C(=O)O)n1. The quantitative estimate of drug-likeness (QED) is 0.887. The molecular weight excluding hydrogens is 282 g/mol. The Morgan fingerprint density at radius 3 is 2.73 bits per heavy atom. The fourth-order valence-corrected chi connectivity index (χ4v) is 2.43. The summed E-state index contributed by atoms with van der Waals surface area (Å²) in [5.41, 5.74) is 1.28. The lowest BCUT2D eigenvalue weighted by molar-refractivity contribution is 0.0696. The van der Waals surface area contributed by atoms with Crippen molar-refractivity contribution in [3.63, 3.8) is 0 Å². The summed E-state index contributed by atoms with van der Waals surface area (Å²) in [5, 5.41) is 18.1. The predicted octanol–water partition coefficient (Wildman–Crippen LogP) is 3.05. The standard InChI is InChI=1S/C16H21N3O3/c1-5-8-16(2,3)14-10-17-19(18-14)13-7-6-11(22-4)9-12(13)15(20)21/h6-7,9-10H,5,8H2,1-4H3,(H,20,21). The zero-order valence-corrected chi connectivity index (χ0v) is 13.3. The van der Waals surface area contributed by atoms with E-state index in [0.29, 0.717) is 11.4 Å². The highest BCUT2D eigenvalue weighted by molar-refractivity contribution is 5.92. The van der Waals surface area contributed by atoms with Gasteiger partial charge in [0.25, 0.3) is 0 Å². The predicted molar refractivity (Wildman–Crippen MR) is 82.8 cm³/mol. The van der Waals surface area contributed by atoms with E-state index in [1.54, 1.807) is 18.3 Å². The third-order valence-electron chi connectivity index (χ3n) is 3.71. The van der Waals surface area contributed by atoms with Gasteiger partial charge in [0, 0.05) is 5.41 Å². The molecule has 0 spiro atoms. The monoisotopic (exact) mass is 303 g/mol. The summed E-state index contributed by atoms with van der Waals surface area (Å²) in [6.45, 7) is 6.34. The van der Waals surface area contributed by atoms with Gasteiger partial charge in [-0.25, -0.2) is 4.79 Å². The molecule has 1 aromatic heterocycles. The van der Waals surface area contributed by atoms with Gasteiger partial charge >= 0.3 is 5.97 Å². The van der Waals surface area contributed by atoms with Crippen LogP contribution < -0.4 is 4.74 Å². The Balaban J connectivity index is 2.45. The van der Waals surface area contributed by atoms with Gasteiger partial charge in [-0.05, 0) is 24.6 Å². The van der Waals surface area contributed by atoms with Crippen LogP contribution in [0.2, 0.25) is 0 Å². The summed E-state index contributed by atoms with van der Waals surface area (Å²) in [4.78, 5) is 12.8. The molecule has 1 N–H and O–H groups in total. The second-order valence-corrected chi connectivity index (χ2v) is 5.84. The molecule has 0 aliphatic carbocycles. The van der Waals surface area contributed by atoms with E-state index >= 15 is 0 Å². The van der Waals surface area contributed by atoms with Crippen LogP contribution in [0.5, 0.6) is 5.75 Å². The first-order valence-corrected chi connectivity index (χ1v) is 7.23. The highest BCUT2D eigenvalue weighted by atomic mass is 16.5.